The van der Waals surface area contributed by atoms with Crippen LogP contribution in [0.1, 0.15) is 34.6 Å². The number of nitroso groups, excluding NO2 is 1. The van der Waals surface area contributed by atoms with Crippen LogP contribution in [0.2, 0.25) is 0 Å². The summed E-state index contributed by atoms with van der Waals surface area (Å²) in [6.07, 6.45) is 2.89. The first-order valence-electron chi connectivity index (χ1n) is 6.12. The van der Waals surface area contributed by atoms with Gasteiger partial charge in [-0.2, -0.15) is 0 Å². The van der Waals surface area contributed by atoms with Crippen molar-refractivity contribution in [3.63, 3.8) is 0 Å². The van der Waals surface area contributed by atoms with Crippen molar-refractivity contribution < 1.29 is 4.79 Å². The predicted octanol–water partition coefficient (Wildman–Crippen LogP) is 2.67. The minimum atomic E-state index is -0.229. The average Bonchev–Trinajstić information content (AvgIpc) is 2.47. The van der Waals surface area contributed by atoms with Gasteiger partial charge in [0.05, 0.1) is 17.3 Å². The Morgan fingerprint density at radius 2 is 2.00 bits per heavy atom. The zero-order chi connectivity index (χ0) is 14.5. The lowest BCUT2D eigenvalue weighted by Gasteiger charge is -2.14. The van der Waals surface area contributed by atoms with Crippen LogP contribution in [0.5, 0.6) is 0 Å². The van der Waals surface area contributed by atoms with E-state index in [2.05, 4.69) is 20.5 Å². The van der Waals surface area contributed by atoms with E-state index >= 15 is 0 Å². The van der Waals surface area contributed by atoms with Crippen LogP contribution in [0.15, 0.2) is 42.0 Å². The first kappa shape index (κ1) is 13.8. The van der Waals surface area contributed by atoms with Gasteiger partial charge in [-0.25, -0.2) is 9.97 Å². The molecule has 20 heavy (non-hydrogen) atoms. The first-order chi connectivity index (χ1) is 9.61. The van der Waals surface area contributed by atoms with Crippen molar-refractivity contribution >= 4 is 11.6 Å². The number of benzene rings is 1. The highest BCUT2D eigenvalue weighted by Crippen LogP contribution is 2.18. The van der Waals surface area contributed by atoms with Crippen LogP contribution in [-0.4, -0.2) is 15.9 Å². The van der Waals surface area contributed by atoms with Gasteiger partial charge < -0.3 is 5.32 Å². The molecule has 6 nitrogen and oxygen atoms in total. The third-order valence-electron chi connectivity index (χ3n) is 3.00. The van der Waals surface area contributed by atoms with Gasteiger partial charge in [-0.3, -0.25) is 4.79 Å². The van der Waals surface area contributed by atoms with Gasteiger partial charge in [-0.1, -0.05) is 12.1 Å². The maximum absolute atomic E-state index is 12.1. The minimum absolute atomic E-state index is 0.192. The van der Waals surface area contributed by atoms with E-state index in [9.17, 15) is 9.70 Å². The SMILES string of the molecule is Cc1ncncc1C(=O)NC(C)c1ccc(N=O)cc1. The van der Waals surface area contributed by atoms with Gasteiger partial charge >= 0.3 is 0 Å². The summed E-state index contributed by atoms with van der Waals surface area (Å²) in [4.78, 5) is 30.3. The van der Waals surface area contributed by atoms with Crippen LogP contribution in [0.25, 0.3) is 0 Å². The van der Waals surface area contributed by atoms with E-state index in [-0.39, 0.29) is 11.9 Å². The highest BCUT2D eigenvalue weighted by molar-refractivity contribution is 5.95. The van der Waals surface area contributed by atoms with E-state index in [1.165, 1.54) is 12.5 Å². The smallest absolute Gasteiger partial charge is 0.255 e. The largest absolute Gasteiger partial charge is 0.345 e. The van der Waals surface area contributed by atoms with E-state index < -0.39 is 0 Å². The van der Waals surface area contributed by atoms with Crippen molar-refractivity contribution in [2.75, 3.05) is 0 Å². The third-order valence-corrected chi connectivity index (χ3v) is 3.00. The molecule has 2 rings (SSSR count). The summed E-state index contributed by atoms with van der Waals surface area (Å²) in [6.45, 7) is 3.62. The number of carbonyl (C=O) groups is 1. The number of hydrogen-bond acceptors (Lipinski definition) is 5. The molecule has 1 aromatic heterocycles. The Morgan fingerprint density at radius 3 is 2.60 bits per heavy atom. The predicted molar refractivity (Wildman–Crippen MR) is 74.5 cm³/mol. The summed E-state index contributed by atoms with van der Waals surface area (Å²) in [5.74, 6) is -0.229. The number of nitrogens with one attached hydrogen (secondary N) is 1. The Bertz CT molecular complexity index is 625. The standard InChI is InChI=1S/C14H14N4O2/c1-9(11-3-5-12(18-20)6-4-11)17-14(19)13-7-15-8-16-10(13)2/h3-9H,1-2H3,(H,17,19). The van der Waals surface area contributed by atoms with Crippen molar-refractivity contribution in [1.82, 2.24) is 15.3 Å². The summed E-state index contributed by atoms with van der Waals surface area (Å²) in [5.41, 5.74) is 2.33. The molecule has 102 valence electrons. The topological polar surface area (TPSA) is 84.3 Å². The normalized spacial score (nSPS) is 11.7. The fourth-order valence-electron chi connectivity index (χ4n) is 1.80. The van der Waals surface area contributed by atoms with Crippen LogP contribution >= 0.6 is 0 Å². The fourth-order valence-corrected chi connectivity index (χ4v) is 1.80. The number of hydrogen-bond donors (Lipinski definition) is 1. The average molecular weight is 270 g/mol. The van der Waals surface area contributed by atoms with Crippen molar-refractivity contribution in [1.29, 1.82) is 0 Å². The Labute approximate surface area is 116 Å². The molecule has 0 spiro atoms. The lowest BCUT2D eigenvalue weighted by Crippen LogP contribution is -2.27. The summed E-state index contributed by atoms with van der Waals surface area (Å²) in [6, 6.07) is 6.55. The molecule has 1 aromatic carbocycles. The van der Waals surface area contributed by atoms with Gasteiger partial charge in [0.25, 0.3) is 5.91 Å². The Kier molecular flexibility index (Phi) is 4.14. The molecule has 1 amide bonds. The van der Waals surface area contributed by atoms with E-state index in [1.807, 2.05) is 6.92 Å². The van der Waals surface area contributed by atoms with Gasteiger partial charge in [0, 0.05) is 6.20 Å². The summed E-state index contributed by atoms with van der Waals surface area (Å²) < 4.78 is 0. The zero-order valence-corrected chi connectivity index (χ0v) is 11.2. The van der Waals surface area contributed by atoms with Crippen molar-refractivity contribution in [2.24, 2.45) is 5.18 Å². The molecule has 0 aliphatic rings. The van der Waals surface area contributed by atoms with Gasteiger partial charge in [0.15, 0.2) is 0 Å². The molecular weight excluding hydrogens is 256 g/mol. The van der Waals surface area contributed by atoms with Gasteiger partial charge in [0.2, 0.25) is 0 Å². The van der Waals surface area contributed by atoms with E-state index in [1.54, 1.807) is 31.2 Å². The van der Waals surface area contributed by atoms with Crippen molar-refractivity contribution in [2.45, 2.75) is 19.9 Å². The Hall–Kier alpha value is -2.63. The molecule has 2 aromatic rings. The first-order valence-corrected chi connectivity index (χ1v) is 6.12. The van der Waals surface area contributed by atoms with E-state index in [0.29, 0.717) is 16.9 Å². The number of aryl methyl sites for hydroxylation is 1. The molecular formula is C14H14N4O2. The fraction of sp³-hybridized carbons (Fsp3) is 0.214. The molecule has 0 aliphatic heterocycles. The second-order valence-corrected chi connectivity index (χ2v) is 4.40. The number of aromatic nitrogens is 2. The second kappa shape index (κ2) is 6.01. The highest BCUT2D eigenvalue weighted by Gasteiger charge is 2.14. The van der Waals surface area contributed by atoms with Crippen molar-refractivity contribution in [3.05, 3.63) is 58.5 Å². The molecule has 0 radical (unpaired) electrons. The molecule has 1 N–H and O–H groups in total. The van der Waals surface area contributed by atoms with Crippen LogP contribution in [0.4, 0.5) is 5.69 Å². The lowest BCUT2D eigenvalue weighted by atomic mass is 10.1. The van der Waals surface area contributed by atoms with Gasteiger partial charge in [-0.05, 0) is 36.7 Å². The second-order valence-electron chi connectivity index (χ2n) is 4.40. The van der Waals surface area contributed by atoms with Gasteiger partial charge in [0.1, 0.15) is 12.0 Å². The van der Waals surface area contributed by atoms with Crippen molar-refractivity contribution in [3.8, 4) is 0 Å². The van der Waals surface area contributed by atoms with E-state index in [0.717, 1.165) is 5.56 Å². The molecule has 0 saturated heterocycles. The summed E-state index contributed by atoms with van der Waals surface area (Å²) >= 11 is 0. The molecule has 0 fully saturated rings. The Morgan fingerprint density at radius 1 is 1.30 bits per heavy atom. The zero-order valence-electron chi connectivity index (χ0n) is 11.2. The number of nitrogens with zero attached hydrogens (tertiary/aromatic N) is 3. The van der Waals surface area contributed by atoms with Gasteiger partial charge in [-0.15, -0.1) is 4.91 Å². The molecule has 0 saturated carbocycles. The molecule has 0 aliphatic carbocycles. The third kappa shape index (κ3) is 3.03. The van der Waals surface area contributed by atoms with Crippen LogP contribution in [0, 0.1) is 11.8 Å². The molecule has 6 heteroatoms. The maximum atomic E-state index is 12.1. The van der Waals surface area contributed by atoms with Crippen LogP contribution in [0.3, 0.4) is 0 Å². The quantitative estimate of drug-likeness (QED) is 0.865. The van der Waals surface area contributed by atoms with E-state index in [4.69, 9.17) is 0 Å². The highest BCUT2D eigenvalue weighted by atomic mass is 16.3. The monoisotopic (exact) mass is 270 g/mol. The van der Waals surface area contributed by atoms with Crippen LogP contribution < -0.4 is 5.32 Å². The number of amides is 1. The molecule has 1 unspecified atom stereocenters. The molecule has 1 atom stereocenters. The van der Waals surface area contributed by atoms with Crippen LogP contribution in [-0.2, 0) is 0 Å². The molecule has 0 bridgehead atoms. The summed E-state index contributed by atoms with van der Waals surface area (Å²) in [7, 11) is 0. The molecule has 1 heterocycles. The Balaban J connectivity index is 2.10. The maximum Gasteiger partial charge on any atom is 0.255 e. The number of carbonyl (C=O) groups excluding carboxylic acids is 1. The number of rotatable bonds is 4. The summed E-state index contributed by atoms with van der Waals surface area (Å²) in [5, 5.41) is 5.70. The minimum Gasteiger partial charge on any atom is -0.345 e. The lowest BCUT2D eigenvalue weighted by molar-refractivity contribution is 0.0938.